The predicted molar refractivity (Wildman–Crippen MR) is 88.8 cm³/mol. The van der Waals surface area contributed by atoms with Gasteiger partial charge in [0.1, 0.15) is 5.60 Å². The highest BCUT2D eigenvalue weighted by Crippen LogP contribution is 2.22. The molecule has 0 atom stereocenters. The van der Waals surface area contributed by atoms with Gasteiger partial charge in [0.15, 0.2) is 0 Å². The number of carbonyl (C=O) groups excluding carboxylic acids is 2. The first kappa shape index (κ1) is 16.8. The van der Waals surface area contributed by atoms with Crippen molar-refractivity contribution in [1.29, 1.82) is 0 Å². The van der Waals surface area contributed by atoms with Crippen LogP contribution in [0.1, 0.15) is 51.3 Å². The molecule has 3 rings (SSSR count). The lowest BCUT2D eigenvalue weighted by atomic mass is 10.1. The van der Waals surface area contributed by atoms with Crippen molar-refractivity contribution in [3.05, 3.63) is 17.5 Å². The Hall–Kier alpha value is -2.05. The molecule has 24 heavy (non-hydrogen) atoms. The molecular weight excluding hydrogens is 308 g/mol. The van der Waals surface area contributed by atoms with Gasteiger partial charge in [-0.15, -0.1) is 0 Å². The van der Waals surface area contributed by atoms with Gasteiger partial charge >= 0.3 is 12.1 Å². The number of aromatic nitrogens is 2. The molecule has 7 heteroatoms. The van der Waals surface area contributed by atoms with Crippen LogP contribution in [0.15, 0.2) is 6.20 Å². The summed E-state index contributed by atoms with van der Waals surface area (Å²) < 4.78 is 6.92. The summed E-state index contributed by atoms with van der Waals surface area (Å²) in [5.41, 5.74) is 1.32. The number of fused-ring (bicyclic) bond motifs is 1. The summed E-state index contributed by atoms with van der Waals surface area (Å²) in [6.07, 6.45) is 5.36. The van der Waals surface area contributed by atoms with Crippen LogP contribution in [-0.4, -0.2) is 56.9 Å². The van der Waals surface area contributed by atoms with Gasteiger partial charge in [0, 0.05) is 19.6 Å². The van der Waals surface area contributed by atoms with Crippen LogP contribution < -0.4 is 0 Å². The second-order valence-electron chi connectivity index (χ2n) is 7.51. The van der Waals surface area contributed by atoms with Gasteiger partial charge < -0.3 is 14.5 Å². The average molecular weight is 334 g/mol. The Bertz CT molecular complexity index is 626. The van der Waals surface area contributed by atoms with E-state index in [1.54, 1.807) is 11.1 Å². The summed E-state index contributed by atoms with van der Waals surface area (Å²) in [6.45, 7) is 8.07. The first-order chi connectivity index (χ1) is 11.3. The van der Waals surface area contributed by atoms with Crippen LogP contribution in [0.3, 0.4) is 0 Å². The average Bonchev–Trinajstić information content (AvgIpc) is 2.96. The van der Waals surface area contributed by atoms with E-state index in [4.69, 9.17) is 4.74 Å². The highest BCUT2D eigenvalue weighted by atomic mass is 16.6. The standard InChI is InChI=1S/C17H26N4O3/c1-17(2,3)24-16(23)20-10-7-13-11-18-21(14(13)12-20)15(22)19-8-5-4-6-9-19/h11H,4-10,12H2,1-3H3. The van der Waals surface area contributed by atoms with Crippen molar-refractivity contribution >= 4 is 12.1 Å². The molecule has 0 unspecified atom stereocenters. The Labute approximate surface area is 142 Å². The van der Waals surface area contributed by atoms with E-state index in [0.29, 0.717) is 19.5 Å². The first-order valence-corrected chi connectivity index (χ1v) is 8.68. The summed E-state index contributed by atoms with van der Waals surface area (Å²) in [5, 5.41) is 4.29. The molecule has 0 spiro atoms. The van der Waals surface area contributed by atoms with Crippen LogP contribution in [0.25, 0.3) is 0 Å². The van der Waals surface area contributed by atoms with Gasteiger partial charge in [0.25, 0.3) is 0 Å². The van der Waals surface area contributed by atoms with Crippen molar-refractivity contribution in [2.75, 3.05) is 19.6 Å². The lowest BCUT2D eigenvalue weighted by Gasteiger charge is -2.31. The third-order valence-corrected chi connectivity index (χ3v) is 4.41. The largest absolute Gasteiger partial charge is 0.444 e. The third kappa shape index (κ3) is 3.55. The second-order valence-corrected chi connectivity index (χ2v) is 7.51. The Balaban J connectivity index is 1.74. The highest BCUT2D eigenvalue weighted by molar-refractivity contribution is 5.77. The maximum atomic E-state index is 12.7. The summed E-state index contributed by atoms with van der Waals surface area (Å²) in [5.74, 6) is 0. The van der Waals surface area contributed by atoms with E-state index >= 15 is 0 Å². The molecule has 0 aliphatic carbocycles. The van der Waals surface area contributed by atoms with Crippen molar-refractivity contribution in [2.24, 2.45) is 0 Å². The van der Waals surface area contributed by atoms with Gasteiger partial charge in [-0.25, -0.2) is 9.59 Å². The zero-order valence-corrected chi connectivity index (χ0v) is 14.7. The van der Waals surface area contributed by atoms with Gasteiger partial charge in [-0.1, -0.05) is 0 Å². The minimum atomic E-state index is -0.527. The molecule has 0 aromatic carbocycles. The molecule has 1 aromatic rings. The maximum Gasteiger partial charge on any atom is 0.410 e. The van der Waals surface area contributed by atoms with E-state index in [9.17, 15) is 9.59 Å². The Morgan fingerprint density at radius 2 is 1.79 bits per heavy atom. The number of carbonyl (C=O) groups is 2. The molecule has 0 saturated carbocycles. The number of ether oxygens (including phenoxy) is 1. The quantitative estimate of drug-likeness (QED) is 0.731. The fraction of sp³-hybridized carbons (Fsp3) is 0.706. The number of rotatable bonds is 0. The van der Waals surface area contributed by atoms with Crippen LogP contribution in [0.2, 0.25) is 0 Å². The molecule has 3 heterocycles. The van der Waals surface area contributed by atoms with Crippen LogP contribution in [0, 0.1) is 0 Å². The van der Waals surface area contributed by atoms with Gasteiger partial charge in [0.2, 0.25) is 0 Å². The summed E-state index contributed by atoms with van der Waals surface area (Å²) in [4.78, 5) is 28.5. The second kappa shape index (κ2) is 6.45. The van der Waals surface area contributed by atoms with Crippen LogP contribution >= 0.6 is 0 Å². The molecule has 1 saturated heterocycles. The zero-order chi connectivity index (χ0) is 17.3. The van der Waals surface area contributed by atoms with E-state index in [2.05, 4.69) is 5.10 Å². The summed E-state index contributed by atoms with van der Waals surface area (Å²) >= 11 is 0. The van der Waals surface area contributed by atoms with Crippen LogP contribution in [0.5, 0.6) is 0 Å². The molecule has 2 amide bonds. The lowest BCUT2D eigenvalue weighted by Crippen LogP contribution is -2.43. The van der Waals surface area contributed by atoms with E-state index in [1.165, 1.54) is 11.1 Å². The monoisotopic (exact) mass is 334 g/mol. The summed E-state index contributed by atoms with van der Waals surface area (Å²) in [7, 11) is 0. The first-order valence-electron chi connectivity index (χ1n) is 8.68. The molecule has 7 nitrogen and oxygen atoms in total. The zero-order valence-electron chi connectivity index (χ0n) is 14.7. The molecular formula is C17H26N4O3. The van der Waals surface area contributed by atoms with Gasteiger partial charge in [0.05, 0.1) is 18.4 Å². The van der Waals surface area contributed by atoms with Crippen LogP contribution in [-0.2, 0) is 17.7 Å². The number of piperidine rings is 1. The minimum Gasteiger partial charge on any atom is -0.444 e. The smallest absolute Gasteiger partial charge is 0.410 e. The fourth-order valence-corrected chi connectivity index (χ4v) is 3.17. The van der Waals surface area contributed by atoms with Gasteiger partial charge in [-0.3, -0.25) is 0 Å². The van der Waals surface area contributed by atoms with Crippen molar-refractivity contribution in [2.45, 2.75) is 58.6 Å². The minimum absolute atomic E-state index is 0.0815. The van der Waals surface area contributed by atoms with Crippen molar-refractivity contribution in [1.82, 2.24) is 19.6 Å². The van der Waals surface area contributed by atoms with Crippen molar-refractivity contribution < 1.29 is 14.3 Å². The molecule has 2 aliphatic rings. The molecule has 0 N–H and O–H groups in total. The van der Waals surface area contributed by atoms with Crippen molar-refractivity contribution in [3.8, 4) is 0 Å². The SMILES string of the molecule is CC(C)(C)OC(=O)N1CCc2cnn(C(=O)N3CCCCC3)c2C1. The maximum absolute atomic E-state index is 12.7. The molecule has 0 bridgehead atoms. The predicted octanol–water partition coefficient (Wildman–Crippen LogP) is 2.63. The molecule has 0 radical (unpaired) electrons. The topological polar surface area (TPSA) is 67.7 Å². The van der Waals surface area contributed by atoms with Crippen LogP contribution in [0.4, 0.5) is 9.59 Å². The van der Waals surface area contributed by atoms with E-state index < -0.39 is 5.60 Å². The number of amides is 2. The van der Waals surface area contributed by atoms with Gasteiger partial charge in [-0.2, -0.15) is 9.78 Å². The number of likely N-dealkylation sites (tertiary alicyclic amines) is 1. The van der Waals surface area contributed by atoms with E-state index in [1.807, 2.05) is 25.7 Å². The summed E-state index contributed by atoms with van der Waals surface area (Å²) in [6, 6.07) is -0.0815. The molecule has 1 fully saturated rings. The Morgan fingerprint density at radius 3 is 2.46 bits per heavy atom. The number of hydrogen-bond donors (Lipinski definition) is 0. The lowest BCUT2D eigenvalue weighted by molar-refractivity contribution is 0.0219. The highest BCUT2D eigenvalue weighted by Gasteiger charge is 2.30. The fourth-order valence-electron chi connectivity index (χ4n) is 3.17. The molecule has 1 aromatic heterocycles. The normalized spacial score (nSPS) is 18.3. The van der Waals surface area contributed by atoms with E-state index in [0.717, 1.165) is 37.2 Å². The van der Waals surface area contributed by atoms with E-state index in [-0.39, 0.29) is 12.1 Å². The van der Waals surface area contributed by atoms with Gasteiger partial charge in [-0.05, 0) is 52.0 Å². The Morgan fingerprint density at radius 1 is 1.08 bits per heavy atom. The molecule has 132 valence electrons. The van der Waals surface area contributed by atoms with Crippen molar-refractivity contribution in [3.63, 3.8) is 0 Å². The third-order valence-electron chi connectivity index (χ3n) is 4.41. The Kier molecular flexibility index (Phi) is 4.51. The molecule has 2 aliphatic heterocycles. The number of hydrogen-bond acceptors (Lipinski definition) is 4. The number of nitrogens with zero attached hydrogens (tertiary/aromatic N) is 4.